The predicted molar refractivity (Wildman–Crippen MR) is 136 cm³/mol. The highest BCUT2D eigenvalue weighted by Gasteiger charge is 2.24. The summed E-state index contributed by atoms with van der Waals surface area (Å²) in [6.45, 7) is 2.66. The first-order chi connectivity index (χ1) is 14.5. The van der Waals surface area contributed by atoms with E-state index in [4.69, 9.17) is 4.74 Å². The van der Waals surface area contributed by atoms with Gasteiger partial charge in [-0.3, -0.25) is 4.79 Å². The summed E-state index contributed by atoms with van der Waals surface area (Å²) in [5.74, 6) is 0.979. The van der Waals surface area contributed by atoms with E-state index in [0.29, 0.717) is 12.5 Å². The zero-order valence-electron chi connectivity index (χ0n) is 16.8. The van der Waals surface area contributed by atoms with Crippen LogP contribution < -0.4 is 10.1 Å². The Morgan fingerprint density at radius 3 is 2.50 bits per heavy atom. The van der Waals surface area contributed by atoms with Gasteiger partial charge < -0.3 is 10.1 Å². The van der Waals surface area contributed by atoms with Crippen LogP contribution in [0, 0.1) is 24.4 Å². The first kappa shape index (κ1) is 23.1. The first-order valence-electron chi connectivity index (χ1n) is 10.1. The van der Waals surface area contributed by atoms with Gasteiger partial charge in [-0.15, -0.1) is 0 Å². The van der Waals surface area contributed by atoms with Crippen LogP contribution in [0.1, 0.15) is 43.7 Å². The Balaban J connectivity index is 1.73. The second-order valence-corrected chi connectivity index (χ2v) is 9.92. The fourth-order valence-electron chi connectivity index (χ4n) is 3.62. The van der Waals surface area contributed by atoms with E-state index in [1.165, 1.54) is 6.42 Å². The quantitative estimate of drug-likeness (QED) is 0.241. The van der Waals surface area contributed by atoms with Gasteiger partial charge in [-0.2, -0.15) is 5.26 Å². The average Bonchev–Trinajstić information content (AvgIpc) is 2.73. The number of hydrogen-bond donors (Lipinski definition) is 1. The zero-order chi connectivity index (χ0) is 21.5. The fourth-order valence-corrected chi connectivity index (χ4v) is 5.75. The van der Waals surface area contributed by atoms with E-state index in [2.05, 4.69) is 63.5 Å². The minimum atomic E-state index is -0.286. The third-order valence-corrected chi connectivity index (χ3v) is 6.95. The first-order valence-corrected chi connectivity index (χ1v) is 12.2. The Morgan fingerprint density at radius 1 is 1.20 bits per heavy atom. The SMILES string of the molecule is C[C@H]1CCCC[C@H]1NC(=O)/C(C#N)=C/c1cc(I)c(OCc2ccccc2)c(I)c1. The number of halogens is 2. The van der Waals surface area contributed by atoms with Crippen molar-refractivity contribution in [2.24, 2.45) is 5.92 Å². The Bertz CT molecular complexity index is 944. The number of hydrogen-bond acceptors (Lipinski definition) is 3. The molecule has 0 spiro atoms. The molecule has 0 unspecified atom stereocenters. The Morgan fingerprint density at radius 2 is 1.87 bits per heavy atom. The lowest BCUT2D eigenvalue weighted by Crippen LogP contribution is -2.41. The van der Waals surface area contributed by atoms with E-state index in [9.17, 15) is 10.1 Å². The number of nitrogens with zero attached hydrogens (tertiary/aromatic N) is 1. The van der Waals surface area contributed by atoms with Crippen molar-refractivity contribution in [2.45, 2.75) is 45.3 Å². The highest BCUT2D eigenvalue weighted by molar-refractivity contribution is 14.1. The minimum Gasteiger partial charge on any atom is -0.487 e. The average molecular weight is 626 g/mol. The summed E-state index contributed by atoms with van der Waals surface area (Å²) in [6, 6.07) is 16.1. The highest BCUT2D eigenvalue weighted by atomic mass is 127. The van der Waals surface area contributed by atoms with Gasteiger partial charge in [-0.25, -0.2) is 0 Å². The van der Waals surface area contributed by atoms with E-state index in [1.54, 1.807) is 6.08 Å². The molecule has 1 N–H and O–H groups in total. The van der Waals surface area contributed by atoms with Gasteiger partial charge in [0.25, 0.3) is 5.91 Å². The van der Waals surface area contributed by atoms with E-state index in [0.717, 1.165) is 43.3 Å². The molecule has 1 aliphatic carbocycles. The van der Waals surface area contributed by atoms with Crippen LogP contribution in [-0.2, 0) is 11.4 Å². The van der Waals surface area contributed by atoms with Gasteiger partial charge >= 0.3 is 0 Å². The van der Waals surface area contributed by atoms with Crippen LogP contribution in [0.2, 0.25) is 0 Å². The van der Waals surface area contributed by atoms with E-state index in [-0.39, 0.29) is 17.5 Å². The molecule has 0 aliphatic heterocycles. The fraction of sp³-hybridized carbons (Fsp3) is 0.333. The Hall–Kier alpha value is -1.60. The molecule has 2 aromatic rings. The maximum Gasteiger partial charge on any atom is 0.262 e. The monoisotopic (exact) mass is 626 g/mol. The number of rotatable bonds is 6. The summed E-state index contributed by atoms with van der Waals surface area (Å²) in [5.41, 5.74) is 2.06. The maximum atomic E-state index is 12.7. The standard InChI is InChI=1S/C24H24I2N2O2/c1-16-7-5-6-10-22(16)28-24(29)19(14-27)11-18-12-20(25)23(21(26)13-18)30-15-17-8-3-2-4-9-17/h2-4,8-9,11-13,16,22H,5-7,10,15H2,1H3,(H,28,29)/b19-11+/t16-,22+/m0/s1. The maximum absolute atomic E-state index is 12.7. The van der Waals surface area contributed by atoms with Crippen LogP contribution in [-0.4, -0.2) is 11.9 Å². The molecule has 30 heavy (non-hydrogen) atoms. The van der Waals surface area contributed by atoms with E-state index >= 15 is 0 Å². The second kappa shape index (κ2) is 11.1. The van der Waals surface area contributed by atoms with Crippen molar-refractivity contribution in [1.82, 2.24) is 5.32 Å². The topological polar surface area (TPSA) is 62.1 Å². The molecule has 0 radical (unpaired) electrons. The normalized spacial score (nSPS) is 19.1. The van der Waals surface area contributed by atoms with E-state index in [1.807, 2.05) is 42.5 Å². The van der Waals surface area contributed by atoms with Crippen molar-refractivity contribution >= 4 is 57.2 Å². The predicted octanol–water partition coefficient (Wildman–Crippen LogP) is 6.08. The summed E-state index contributed by atoms with van der Waals surface area (Å²) < 4.78 is 7.91. The van der Waals surface area contributed by atoms with Crippen molar-refractivity contribution in [3.05, 3.63) is 66.3 Å². The summed E-state index contributed by atoms with van der Waals surface area (Å²) in [5, 5.41) is 12.6. The van der Waals surface area contributed by atoms with E-state index < -0.39 is 0 Å². The number of benzene rings is 2. The van der Waals surface area contributed by atoms with Gasteiger partial charge in [0.1, 0.15) is 24.0 Å². The lowest BCUT2D eigenvalue weighted by atomic mass is 9.86. The molecular weight excluding hydrogens is 602 g/mol. The van der Waals surface area contributed by atoms with Crippen LogP contribution >= 0.6 is 45.2 Å². The lowest BCUT2D eigenvalue weighted by Gasteiger charge is -2.29. The Labute approximate surface area is 205 Å². The molecule has 2 aromatic carbocycles. The molecule has 0 saturated heterocycles. The molecule has 4 nitrogen and oxygen atoms in total. The molecule has 0 aromatic heterocycles. The third kappa shape index (κ3) is 6.20. The van der Waals surface area contributed by atoms with Gasteiger partial charge in [0.05, 0.1) is 7.14 Å². The molecule has 156 valence electrons. The molecule has 0 bridgehead atoms. The number of nitriles is 1. The van der Waals surface area contributed by atoms with Gasteiger partial charge in [0.15, 0.2) is 0 Å². The summed E-state index contributed by atoms with van der Waals surface area (Å²) >= 11 is 4.47. The van der Waals surface area contributed by atoms with Crippen LogP contribution in [0.15, 0.2) is 48.0 Å². The molecular formula is C24H24I2N2O2. The van der Waals surface area contributed by atoms with Crippen LogP contribution in [0.5, 0.6) is 5.75 Å². The van der Waals surface area contributed by atoms with Gasteiger partial charge in [0, 0.05) is 6.04 Å². The summed E-state index contributed by atoms with van der Waals surface area (Å²) in [4.78, 5) is 12.7. The van der Waals surface area contributed by atoms with Gasteiger partial charge in [-0.05, 0) is 93.3 Å². The van der Waals surface area contributed by atoms with Gasteiger partial charge in [0.2, 0.25) is 0 Å². The third-order valence-electron chi connectivity index (χ3n) is 5.35. The lowest BCUT2D eigenvalue weighted by molar-refractivity contribution is -0.118. The number of carbonyl (C=O) groups is 1. The Kier molecular flexibility index (Phi) is 8.57. The molecule has 2 atom stereocenters. The molecule has 1 saturated carbocycles. The van der Waals surface area contributed by atoms with Gasteiger partial charge in [-0.1, -0.05) is 50.1 Å². The summed E-state index contributed by atoms with van der Waals surface area (Å²) in [6.07, 6.45) is 6.10. The van der Waals surface area contributed by atoms with Crippen molar-refractivity contribution in [1.29, 1.82) is 5.26 Å². The smallest absolute Gasteiger partial charge is 0.262 e. The zero-order valence-corrected chi connectivity index (χ0v) is 21.1. The highest BCUT2D eigenvalue weighted by Crippen LogP contribution is 2.31. The molecule has 0 heterocycles. The molecule has 3 rings (SSSR count). The second-order valence-electron chi connectivity index (χ2n) is 7.60. The molecule has 1 fully saturated rings. The minimum absolute atomic E-state index is 0.136. The number of amides is 1. The van der Waals surface area contributed by atoms with Crippen LogP contribution in [0.25, 0.3) is 6.08 Å². The summed E-state index contributed by atoms with van der Waals surface area (Å²) in [7, 11) is 0. The molecule has 1 aliphatic rings. The molecule has 1 amide bonds. The van der Waals surface area contributed by atoms with Crippen molar-refractivity contribution < 1.29 is 9.53 Å². The van der Waals surface area contributed by atoms with Crippen LogP contribution in [0.3, 0.4) is 0 Å². The van der Waals surface area contributed by atoms with Crippen molar-refractivity contribution in [2.75, 3.05) is 0 Å². The van der Waals surface area contributed by atoms with Crippen LogP contribution in [0.4, 0.5) is 0 Å². The van der Waals surface area contributed by atoms with Crippen molar-refractivity contribution in [3.8, 4) is 11.8 Å². The largest absolute Gasteiger partial charge is 0.487 e. The van der Waals surface area contributed by atoms with Crippen molar-refractivity contribution in [3.63, 3.8) is 0 Å². The molecule has 6 heteroatoms. The number of ether oxygens (including phenoxy) is 1. The number of nitrogens with one attached hydrogen (secondary N) is 1. The number of carbonyl (C=O) groups excluding carboxylic acids is 1.